The third-order valence-corrected chi connectivity index (χ3v) is 9.94. The second-order valence-electron chi connectivity index (χ2n) is 11.8. The molecule has 1 N–H and O–H groups in total. The van der Waals surface area contributed by atoms with Gasteiger partial charge < -0.3 is 5.11 Å². The monoisotopic (exact) mass is 396 g/mol. The molecular weight excluding hydrogens is 352 g/mol. The number of aliphatic hydroxyl groups excluding tert-OH is 1. The maximum atomic E-state index is 10.2. The highest BCUT2D eigenvalue weighted by molar-refractivity contribution is 5.46. The first-order chi connectivity index (χ1) is 13.7. The van der Waals surface area contributed by atoms with E-state index in [1.165, 1.54) is 32.1 Å². The molecule has 0 aromatic heterocycles. The maximum absolute atomic E-state index is 10.2. The molecule has 4 aliphatic rings. The Kier molecular flexibility index (Phi) is 5.69. The fraction of sp³-hybridized carbons (Fsp3) is 0.786. The molecule has 0 radical (unpaired) electrons. The Morgan fingerprint density at radius 3 is 2.52 bits per heavy atom. The number of hydrogen-bond donors (Lipinski definition) is 1. The van der Waals surface area contributed by atoms with Gasteiger partial charge in [-0.1, -0.05) is 65.8 Å². The average Bonchev–Trinajstić information content (AvgIpc) is 3.03. The Balaban J connectivity index is 1.58. The molecule has 2 fully saturated rings. The fourth-order valence-corrected chi connectivity index (χ4v) is 7.44. The zero-order chi connectivity index (χ0) is 21.0. The lowest BCUT2D eigenvalue weighted by atomic mass is 9.51. The number of rotatable bonds is 4. The molecule has 162 valence electrons. The van der Waals surface area contributed by atoms with Crippen LogP contribution in [0.5, 0.6) is 0 Å². The Morgan fingerprint density at radius 2 is 1.79 bits per heavy atom. The lowest BCUT2D eigenvalue weighted by molar-refractivity contribution is 0.0316. The van der Waals surface area contributed by atoms with Crippen molar-refractivity contribution in [3.05, 3.63) is 35.5 Å². The van der Waals surface area contributed by atoms with Gasteiger partial charge >= 0.3 is 0 Å². The molecule has 0 heterocycles. The lowest BCUT2D eigenvalue weighted by Crippen LogP contribution is -2.44. The van der Waals surface area contributed by atoms with Gasteiger partial charge in [0.05, 0.1) is 6.10 Å². The Morgan fingerprint density at radius 1 is 1.03 bits per heavy atom. The van der Waals surface area contributed by atoms with E-state index in [0.717, 1.165) is 30.6 Å². The lowest BCUT2D eigenvalue weighted by Gasteiger charge is -2.53. The highest BCUT2D eigenvalue weighted by Gasteiger charge is 2.55. The van der Waals surface area contributed by atoms with Crippen molar-refractivity contribution in [1.29, 1.82) is 0 Å². The number of allylic oxidation sites excluding steroid dienone is 6. The van der Waals surface area contributed by atoms with Crippen molar-refractivity contribution in [1.82, 2.24) is 0 Å². The van der Waals surface area contributed by atoms with Gasteiger partial charge in [-0.2, -0.15) is 0 Å². The first-order valence-electron chi connectivity index (χ1n) is 12.4. The van der Waals surface area contributed by atoms with E-state index in [1.807, 2.05) is 0 Å². The standard InChI is InChI=1S/C28H44O/c1-18(2)19(3)7-8-20(4)24-11-12-25-23-10-9-21-17-22(29)13-15-27(21,5)26(23)14-16-28(24,25)6/h7-8,10,14,18-22,24-25,29H,9,11-13,15-17H2,1-6H3/b8-7+/t19-,20+,21+,22+,24-,25+,27-,28+/m0/s1. The molecule has 4 rings (SSSR count). The first kappa shape index (κ1) is 21.4. The molecular formula is C28H44O. The molecule has 29 heavy (non-hydrogen) atoms. The van der Waals surface area contributed by atoms with Crippen LogP contribution in [0.3, 0.4) is 0 Å². The van der Waals surface area contributed by atoms with Crippen molar-refractivity contribution < 1.29 is 5.11 Å². The molecule has 0 spiro atoms. The summed E-state index contributed by atoms with van der Waals surface area (Å²) in [5.74, 6) is 4.23. The minimum absolute atomic E-state index is 0.0748. The SMILES string of the molecule is CC(C)[C@@H](C)/C=C/[C@@H](C)[C@@H]1CC[C@@H]2C3=CC[C@@H]4C[C@H](O)CC[C@]4(C)C3=CC[C@@]21C. The molecule has 0 aliphatic heterocycles. The number of hydrogen-bond acceptors (Lipinski definition) is 1. The zero-order valence-corrected chi connectivity index (χ0v) is 19.7. The first-order valence-corrected chi connectivity index (χ1v) is 12.4. The van der Waals surface area contributed by atoms with Gasteiger partial charge in [-0.25, -0.2) is 0 Å². The van der Waals surface area contributed by atoms with Crippen molar-refractivity contribution in [3.63, 3.8) is 0 Å². The molecule has 0 bridgehead atoms. The maximum Gasteiger partial charge on any atom is 0.0543 e. The van der Waals surface area contributed by atoms with Crippen LogP contribution < -0.4 is 0 Å². The summed E-state index contributed by atoms with van der Waals surface area (Å²) in [6.45, 7) is 14.6. The summed E-state index contributed by atoms with van der Waals surface area (Å²) in [4.78, 5) is 0. The van der Waals surface area contributed by atoms with E-state index in [2.05, 4.69) is 65.8 Å². The van der Waals surface area contributed by atoms with Crippen LogP contribution in [0.25, 0.3) is 0 Å². The van der Waals surface area contributed by atoms with Crippen LogP contribution in [0.2, 0.25) is 0 Å². The molecule has 0 saturated heterocycles. The summed E-state index contributed by atoms with van der Waals surface area (Å²) < 4.78 is 0. The van der Waals surface area contributed by atoms with Crippen LogP contribution in [0, 0.1) is 46.3 Å². The second-order valence-corrected chi connectivity index (χ2v) is 11.8. The van der Waals surface area contributed by atoms with E-state index in [9.17, 15) is 5.11 Å². The Bertz CT molecular complexity index is 712. The third-order valence-electron chi connectivity index (χ3n) is 9.94. The van der Waals surface area contributed by atoms with Crippen molar-refractivity contribution in [2.75, 3.05) is 0 Å². The molecule has 8 atom stereocenters. The average molecular weight is 397 g/mol. The van der Waals surface area contributed by atoms with Crippen LogP contribution in [0.15, 0.2) is 35.5 Å². The van der Waals surface area contributed by atoms with Crippen molar-refractivity contribution in [2.24, 2.45) is 46.3 Å². The highest BCUT2D eigenvalue weighted by Crippen LogP contribution is 2.64. The van der Waals surface area contributed by atoms with Gasteiger partial charge in [0.25, 0.3) is 0 Å². The van der Waals surface area contributed by atoms with Crippen LogP contribution in [0.1, 0.15) is 86.5 Å². The quantitative estimate of drug-likeness (QED) is 0.493. The van der Waals surface area contributed by atoms with Gasteiger partial charge in [0.2, 0.25) is 0 Å². The number of aliphatic hydroxyl groups is 1. The Hall–Kier alpha value is -0.820. The van der Waals surface area contributed by atoms with Gasteiger partial charge in [0.15, 0.2) is 0 Å². The second kappa shape index (κ2) is 7.70. The van der Waals surface area contributed by atoms with Gasteiger partial charge in [0, 0.05) is 0 Å². The van der Waals surface area contributed by atoms with Gasteiger partial charge in [-0.15, -0.1) is 0 Å². The van der Waals surface area contributed by atoms with Crippen LogP contribution in [-0.4, -0.2) is 11.2 Å². The predicted octanol–water partition coefficient (Wildman–Crippen LogP) is 7.33. The van der Waals surface area contributed by atoms with Gasteiger partial charge in [-0.3, -0.25) is 0 Å². The van der Waals surface area contributed by atoms with E-state index in [4.69, 9.17) is 0 Å². The van der Waals surface area contributed by atoms with Gasteiger partial charge in [-0.05, 0) is 102 Å². The van der Waals surface area contributed by atoms with Crippen LogP contribution in [0.4, 0.5) is 0 Å². The van der Waals surface area contributed by atoms with Crippen molar-refractivity contribution >= 4 is 0 Å². The molecule has 4 aliphatic carbocycles. The molecule has 0 aromatic rings. The Labute approximate surface area is 179 Å². The van der Waals surface area contributed by atoms with Crippen LogP contribution >= 0.6 is 0 Å². The molecule has 2 saturated carbocycles. The summed E-state index contributed by atoms with van der Waals surface area (Å²) in [6.07, 6.45) is 18.5. The van der Waals surface area contributed by atoms with E-state index < -0.39 is 0 Å². The molecule has 0 unspecified atom stereocenters. The summed E-state index contributed by atoms with van der Waals surface area (Å²) in [6, 6.07) is 0. The summed E-state index contributed by atoms with van der Waals surface area (Å²) in [5, 5.41) is 10.2. The van der Waals surface area contributed by atoms with Crippen molar-refractivity contribution in [3.8, 4) is 0 Å². The topological polar surface area (TPSA) is 20.2 Å². The summed E-state index contributed by atoms with van der Waals surface area (Å²) in [7, 11) is 0. The third kappa shape index (κ3) is 3.50. The van der Waals surface area contributed by atoms with Crippen molar-refractivity contribution in [2.45, 2.75) is 92.6 Å². The smallest absolute Gasteiger partial charge is 0.0543 e. The molecule has 0 amide bonds. The van der Waals surface area contributed by atoms with E-state index in [1.54, 1.807) is 11.1 Å². The van der Waals surface area contributed by atoms with E-state index >= 15 is 0 Å². The minimum Gasteiger partial charge on any atom is -0.393 e. The summed E-state index contributed by atoms with van der Waals surface area (Å²) in [5.41, 5.74) is 4.11. The number of fused-ring (bicyclic) bond motifs is 5. The van der Waals surface area contributed by atoms with E-state index in [0.29, 0.717) is 28.6 Å². The molecule has 1 nitrogen and oxygen atoms in total. The van der Waals surface area contributed by atoms with Crippen LogP contribution in [-0.2, 0) is 0 Å². The zero-order valence-electron chi connectivity index (χ0n) is 19.7. The predicted molar refractivity (Wildman–Crippen MR) is 123 cm³/mol. The van der Waals surface area contributed by atoms with E-state index in [-0.39, 0.29) is 6.10 Å². The minimum atomic E-state index is -0.0748. The fourth-order valence-electron chi connectivity index (χ4n) is 7.44. The largest absolute Gasteiger partial charge is 0.393 e. The highest BCUT2D eigenvalue weighted by atomic mass is 16.3. The normalized spacial score (nSPS) is 44.0. The molecule has 0 aromatic carbocycles. The van der Waals surface area contributed by atoms with Gasteiger partial charge in [0.1, 0.15) is 0 Å². The summed E-state index contributed by atoms with van der Waals surface area (Å²) >= 11 is 0. The molecule has 1 heteroatoms.